The van der Waals surface area contributed by atoms with E-state index >= 15 is 0 Å². The molecule has 0 amide bonds. The van der Waals surface area contributed by atoms with Crippen molar-refractivity contribution in [2.45, 2.75) is 0 Å². The summed E-state index contributed by atoms with van der Waals surface area (Å²) in [6.45, 7) is 0. The Hall–Kier alpha value is -2.23. The highest BCUT2D eigenvalue weighted by Crippen LogP contribution is 2.27. The number of azo groups is 1. The van der Waals surface area contributed by atoms with E-state index in [-0.39, 0.29) is 5.56 Å². The van der Waals surface area contributed by atoms with E-state index in [0.29, 0.717) is 5.69 Å². The zero-order valence-corrected chi connectivity index (χ0v) is 7.79. The van der Waals surface area contributed by atoms with Crippen molar-refractivity contribution in [2.75, 3.05) is 0 Å². The molecule has 1 aliphatic rings. The van der Waals surface area contributed by atoms with Crippen LogP contribution in [0.15, 0.2) is 46.8 Å². The second-order valence-electron chi connectivity index (χ2n) is 2.96. The van der Waals surface area contributed by atoms with Gasteiger partial charge in [-0.1, -0.05) is 24.3 Å². The van der Waals surface area contributed by atoms with Crippen molar-refractivity contribution in [3.05, 3.63) is 47.7 Å². The molecule has 1 aromatic rings. The number of carboxylic acids is 1. The lowest BCUT2D eigenvalue weighted by atomic mass is 10.1. The molecule has 1 heterocycles. The standard InChI is InChI=1S/C11H8N2O2/c14-11(15)9-6-3-5-8-4-1-2-7-12-13-10(8)9/h1-7H,(H,14,15). The predicted molar refractivity (Wildman–Crippen MR) is 56.1 cm³/mol. The van der Waals surface area contributed by atoms with E-state index in [1.807, 2.05) is 0 Å². The molecule has 1 N–H and O–H groups in total. The van der Waals surface area contributed by atoms with Crippen LogP contribution in [-0.4, -0.2) is 11.1 Å². The topological polar surface area (TPSA) is 62.0 Å². The molecule has 0 fully saturated rings. The summed E-state index contributed by atoms with van der Waals surface area (Å²) in [5.41, 5.74) is 1.31. The van der Waals surface area contributed by atoms with Gasteiger partial charge >= 0.3 is 5.97 Å². The number of rotatable bonds is 1. The molecule has 0 aliphatic carbocycles. The molecule has 0 aromatic heterocycles. The molecule has 4 heteroatoms. The fourth-order valence-corrected chi connectivity index (χ4v) is 1.32. The largest absolute Gasteiger partial charge is 0.478 e. The molecular formula is C11H8N2O2. The van der Waals surface area contributed by atoms with Gasteiger partial charge in [-0.25, -0.2) is 4.79 Å². The maximum absolute atomic E-state index is 10.9. The van der Waals surface area contributed by atoms with E-state index in [2.05, 4.69) is 10.2 Å². The highest BCUT2D eigenvalue weighted by atomic mass is 16.4. The number of hydrogen-bond donors (Lipinski definition) is 1. The smallest absolute Gasteiger partial charge is 0.337 e. The van der Waals surface area contributed by atoms with E-state index in [1.165, 1.54) is 12.3 Å². The average Bonchev–Trinajstić information content (AvgIpc) is 2.17. The van der Waals surface area contributed by atoms with E-state index < -0.39 is 5.97 Å². The van der Waals surface area contributed by atoms with Gasteiger partial charge in [0.1, 0.15) is 5.69 Å². The summed E-state index contributed by atoms with van der Waals surface area (Å²) in [5, 5.41) is 16.6. The van der Waals surface area contributed by atoms with Crippen molar-refractivity contribution in [1.82, 2.24) is 0 Å². The van der Waals surface area contributed by atoms with Crippen molar-refractivity contribution in [2.24, 2.45) is 10.2 Å². The van der Waals surface area contributed by atoms with Crippen LogP contribution in [0, 0.1) is 0 Å². The zero-order chi connectivity index (χ0) is 10.7. The van der Waals surface area contributed by atoms with Crippen LogP contribution in [0.4, 0.5) is 5.69 Å². The van der Waals surface area contributed by atoms with Gasteiger partial charge in [0.05, 0.1) is 5.56 Å². The van der Waals surface area contributed by atoms with Gasteiger partial charge in [-0.15, -0.1) is 5.11 Å². The number of allylic oxidation sites excluding steroid dienone is 2. The Morgan fingerprint density at radius 3 is 2.93 bits per heavy atom. The molecule has 0 saturated heterocycles. The summed E-state index contributed by atoms with van der Waals surface area (Å²) < 4.78 is 0. The number of hydrogen-bond acceptors (Lipinski definition) is 3. The summed E-state index contributed by atoms with van der Waals surface area (Å²) in [5.74, 6) is -0.997. The molecule has 0 saturated carbocycles. The highest BCUT2D eigenvalue weighted by molar-refractivity contribution is 5.95. The Bertz CT molecular complexity index is 487. The van der Waals surface area contributed by atoms with Crippen molar-refractivity contribution in [3.63, 3.8) is 0 Å². The van der Waals surface area contributed by atoms with Crippen molar-refractivity contribution in [1.29, 1.82) is 0 Å². The number of benzene rings is 1. The number of carbonyl (C=O) groups is 1. The maximum atomic E-state index is 10.9. The lowest BCUT2D eigenvalue weighted by molar-refractivity contribution is 0.0697. The molecule has 0 radical (unpaired) electrons. The molecular weight excluding hydrogens is 192 g/mol. The molecule has 74 valence electrons. The number of aromatic carboxylic acids is 1. The summed E-state index contributed by atoms with van der Waals surface area (Å²) in [6.07, 6.45) is 6.84. The number of fused-ring (bicyclic) bond motifs is 1. The Morgan fingerprint density at radius 1 is 1.27 bits per heavy atom. The number of nitrogens with zero attached hydrogens (tertiary/aromatic N) is 2. The third-order valence-corrected chi connectivity index (χ3v) is 2.00. The molecule has 0 spiro atoms. The highest BCUT2D eigenvalue weighted by Gasteiger charge is 2.12. The van der Waals surface area contributed by atoms with Gasteiger partial charge in [-0.05, 0) is 12.1 Å². The summed E-state index contributed by atoms with van der Waals surface area (Å²) in [7, 11) is 0. The number of carboxylic acid groups (broad SMARTS) is 1. The molecule has 0 atom stereocenters. The average molecular weight is 200 g/mol. The minimum atomic E-state index is -0.997. The first-order valence-electron chi connectivity index (χ1n) is 4.39. The first-order valence-corrected chi connectivity index (χ1v) is 4.39. The normalized spacial score (nSPS) is 13.1. The molecule has 1 aliphatic heterocycles. The minimum Gasteiger partial charge on any atom is -0.478 e. The molecule has 4 nitrogen and oxygen atoms in total. The summed E-state index contributed by atoms with van der Waals surface area (Å²) >= 11 is 0. The third-order valence-electron chi connectivity index (χ3n) is 2.00. The van der Waals surface area contributed by atoms with Gasteiger partial charge in [0.25, 0.3) is 0 Å². The SMILES string of the molecule is O=C(O)c1cccc2c1N=NC=CC=C2. The minimum absolute atomic E-state index is 0.163. The monoisotopic (exact) mass is 200 g/mol. The van der Waals surface area contributed by atoms with Gasteiger partial charge in [-0.2, -0.15) is 5.11 Å². The Labute approximate surface area is 86.3 Å². The van der Waals surface area contributed by atoms with Crippen molar-refractivity contribution in [3.8, 4) is 0 Å². The Balaban J connectivity index is 2.64. The molecule has 1 aromatic carbocycles. The van der Waals surface area contributed by atoms with Crippen LogP contribution in [0.25, 0.3) is 6.08 Å². The maximum Gasteiger partial charge on any atom is 0.337 e. The first kappa shape index (κ1) is 9.33. The van der Waals surface area contributed by atoms with Gasteiger partial charge in [-0.3, -0.25) is 0 Å². The molecule has 2 rings (SSSR count). The van der Waals surface area contributed by atoms with Crippen LogP contribution in [0.2, 0.25) is 0 Å². The van der Waals surface area contributed by atoms with Gasteiger partial charge in [0.2, 0.25) is 0 Å². The van der Waals surface area contributed by atoms with Gasteiger partial charge < -0.3 is 5.11 Å². The lowest BCUT2D eigenvalue weighted by Gasteiger charge is -2.04. The van der Waals surface area contributed by atoms with E-state index in [0.717, 1.165) is 5.56 Å². The third kappa shape index (κ3) is 1.83. The van der Waals surface area contributed by atoms with E-state index in [9.17, 15) is 4.79 Å². The van der Waals surface area contributed by atoms with Crippen LogP contribution in [0.5, 0.6) is 0 Å². The van der Waals surface area contributed by atoms with Gasteiger partial charge in [0, 0.05) is 11.8 Å². The van der Waals surface area contributed by atoms with E-state index in [1.54, 1.807) is 30.4 Å². The Morgan fingerprint density at radius 2 is 2.13 bits per heavy atom. The second kappa shape index (κ2) is 3.88. The summed E-state index contributed by atoms with van der Waals surface area (Å²) in [6, 6.07) is 5.00. The van der Waals surface area contributed by atoms with Crippen molar-refractivity contribution >= 4 is 17.7 Å². The quantitative estimate of drug-likeness (QED) is 0.757. The van der Waals surface area contributed by atoms with Crippen LogP contribution in [-0.2, 0) is 0 Å². The second-order valence-corrected chi connectivity index (χ2v) is 2.96. The lowest BCUT2D eigenvalue weighted by Crippen LogP contribution is -1.97. The van der Waals surface area contributed by atoms with Crippen LogP contribution in [0.1, 0.15) is 15.9 Å². The van der Waals surface area contributed by atoms with Crippen LogP contribution < -0.4 is 0 Å². The van der Waals surface area contributed by atoms with E-state index in [4.69, 9.17) is 5.11 Å². The fraction of sp³-hybridized carbons (Fsp3) is 0. The van der Waals surface area contributed by atoms with Crippen molar-refractivity contribution < 1.29 is 9.90 Å². The molecule has 0 unspecified atom stereocenters. The predicted octanol–water partition coefficient (Wildman–Crippen LogP) is 3.01. The Kier molecular flexibility index (Phi) is 2.41. The van der Waals surface area contributed by atoms with Crippen LogP contribution >= 0.6 is 0 Å². The summed E-state index contributed by atoms with van der Waals surface area (Å²) in [4.78, 5) is 10.9. The molecule has 0 bridgehead atoms. The van der Waals surface area contributed by atoms with Gasteiger partial charge in [0.15, 0.2) is 0 Å². The first-order chi connectivity index (χ1) is 7.29. The van der Waals surface area contributed by atoms with Crippen LogP contribution in [0.3, 0.4) is 0 Å². The fourth-order valence-electron chi connectivity index (χ4n) is 1.32. The zero-order valence-electron chi connectivity index (χ0n) is 7.79. The molecule has 15 heavy (non-hydrogen) atoms.